The second kappa shape index (κ2) is 13.6. The van der Waals surface area contributed by atoms with Gasteiger partial charge in [0.2, 0.25) is 0 Å². The summed E-state index contributed by atoms with van der Waals surface area (Å²) in [6.45, 7) is 5.63. The summed E-state index contributed by atoms with van der Waals surface area (Å²) < 4.78 is 21.3. The summed E-state index contributed by atoms with van der Waals surface area (Å²) in [5.41, 5.74) is 7.52. The van der Waals surface area contributed by atoms with E-state index in [1.807, 2.05) is 0 Å². The van der Waals surface area contributed by atoms with E-state index in [0.29, 0.717) is 61.4 Å². The Morgan fingerprint density at radius 1 is 1.06 bits per heavy atom. The first kappa shape index (κ1) is 27.1. The number of carbonyl (C=O) groups is 2. The lowest BCUT2D eigenvalue weighted by Crippen LogP contribution is -2.33. The van der Waals surface area contributed by atoms with Crippen LogP contribution in [-0.4, -0.2) is 58.6 Å². The van der Waals surface area contributed by atoms with E-state index in [-0.39, 0.29) is 22.8 Å². The first-order chi connectivity index (χ1) is 15.9. The molecule has 8 nitrogen and oxygen atoms in total. The highest BCUT2D eigenvalue weighted by Gasteiger charge is 2.39. The summed E-state index contributed by atoms with van der Waals surface area (Å²) >= 11 is 12.8. The minimum atomic E-state index is -0.827. The van der Waals surface area contributed by atoms with Crippen LogP contribution in [0.5, 0.6) is 0 Å². The lowest BCUT2D eigenvalue weighted by molar-refractivity contribution is -0.139. The molecule has 1 unspecified atom stereocenters. The molecule has 3 N–H and O–H groups in total. The van der Waals surface area contributed by atoms with Crippen LogP contribution < -0.4 is 11.1 Å². The molecule has 10 heteroatoms. The van der Waals surface area contributed by atoms with Gasteiger partial charge in [-0.15, -0.1) is 0 Å². The third-order valence-corrected chi connectivity index (χ3v) is 5.80. The predicted octanol–water partition coefficient (Wildman–Crippen LogP) is 3.33. The standard InChI is InChI=1S/C23H30Cl2N2O6/c1-4-33-23(29)20-17(8-10-31-12-13-32-11-9-26)27-14(2)18(22(28)30-3)19(20)15-6-5-7-16(24)21(15)25/h5-7,19,27H,4,8-13,26H2,1-3H3. The molecule has 0 saturated carbocycles. The lowest BCUT2D eigenvalue weighted by atomic mass is 9.79. The number of esters is 2. The van der Waals surface area contributed by atoms with Gasteiger partial charge in [-0.2, -0.15) is 0 Å². The van der Waals surface area contributed by atoms with Gasteiger partial charge in [0, 0.05) is 24.4 Å². The molecule has 1 aromatic rings. The minimum Gasteiger partial charge on any atom is -0.466 e. The zero-order valence-corrected chi connectivity index (χ0v) is 20.6. The highest BCUT2D eigenvalue weighted by atomic mass is 35.5. The van der Waals surface area contributed by atoms with E-state index < -0.39 is 17.9 Å². The molecule has 0 radical (unpaired) electrons. The molecule has 0 amide bonds. The quantitative estimate of drug-likeness (QED) is 0.332. The number of dihydropyridines is 1. The smallest absolute Gasteiger partial charge is 0.336 e. The molecule has 1 aliphatic heterocycles. The Kier molecular flexibility index (Phi) is 11.2. The van der Waals surface area contributed by atoms with Crippen LogP contribution in [0.4, 0.5) is 0 Å². The number of hydrogen-bond donors (Lipinski definition) is 2. The van der Waals surface area contributed by atoms with Gasteiger partial charge in [-0.1, -0.05) is 35.3 Å². The van der Waals surface area contributed by atoms with Crippen molar-refractivity contribution in [3.05, 3.63) is 56.3 Å². The molecule has 1 aromatic carbocycles. The zero-order valence-electron chi connectivity index (χ0n) is 19.0. The predicted molar refractivity (Wildman–Crippen MR) is 126 cm³/mol. The van der Waals surface area contributed by atoms with Gasteiger partial charge in [0.05, 0.1) is 67.3 Å². The second-order valence-corrected chi connectivity index (χ2v) is 7.89. The van der Waals surface area contributed by atoms with Gasteiger partial charge in [-0.05, 0) is 25.5 Å². The number of ether oxygens (including phenoxy) is 4. The van der Waals surface area contributed by atoms with E-state index in [0.717, 1.165) is 0 Å². The molecule has 1 atom stereocenters. The molecule has 0 fully saturated rings. The zero-order chi connectivity index (χ0) is 24.4. The molecule has 0 saturated heterocycles. The number of benzene rings is 1. The van der Waals surface area contributed by atoms with Crippen molar-refractivity contribution in [3.8, 4) is 0 Å². The van der Waals surface area contributed by atoms with Crippen LogP contribution in [0.15, 0.2) is 40.7 Å². The monoisotopic (exact) mass is 500 g/mol. The summed E-state index contributed by atoms with van der Waals surface area (Å²) in [6, 6.07) is 5.07. The lowest BCUT2D eigenvalue weighted by Gasteiger charge is -2.32. The fourth-order valence-electron chi connectivity index (χ4n) is 3.56. The minimum absolute atomic E-state index is 0.164. The van der Waals surface area contributed by atoms with Crippen LogP contribution in [0.1, 0.15) is 31.7 Å². The van der Waals surface area contributed by atoms with E-state index in [2.05, 4.69) is 5.32 Å². The van der Waals surface area contributed by atoms with Crippen molar-refractivity contribution >= 4 is 35.1 Å². The van der Waals surface area contributed by atoms with Gasteiger partial charge in [-0.25, -0.2) is 9.59 Å². The van der Waals surface area contributed by atoms with Crippen molar-refractivity contribution in [1.29, 1.82) is 0 Å². The summed E-state index contributed by atoms with van der Waals surface area (Å²) in [6.07, 6.45) is 0.367. The SMILES string of the molecule is CCOC(=O)C1=C(CCOCCOCCN)NC(C)=C(C(=O)OC)C1c1cccc(Cl)c1Cl. The summed E-state index contributed by atoms with van der Waals surface area (Å²) in [7, 11) is 1.28. The second-order valence-electron chi connectivity index (χ2n) is 7.11. The van der Waals surface area contributed by atoms with E-state index in [9.17, 15) is 9.59 Å². The maximum atomic E-state index is 13.1. The average molecular weight is 501 g/mol. The average Bonchev–Trinajstić information content (AvgIpc) is 2.79. The number of rotatable bonds is 12. The first-order valence-electron chi connectivity index (χ1n) is 10.6. The van der Waals surface area contributed by atoms with Crippen LogP contribution in [0, 0.1) is 0 Å². The number of methoxy groups -OCH3 is 1. The number of nitrogens with two attached hydrogens (primary N) is 1. The number of hydrogen-bond acceptors (Lipinski definition) is 8. The van der Waals surface area contributed by atoms with Gasteiger partial charge in [0.1, 0.15) is 0 Å². The van der Waals surface area contributed by atoms with E-state index in [1.165, 1.54) is 7.11 Å². The molecule has 0 aromatic heterocycles. The molecule has 1 aliphatic rings. The highest BCUT2D eigenvalue weighted by Crippen LogP contribution is 2.44. The van der Waals surface area contributed by atoms with Gasteiger partial charge < -0.3 is 30.0 Å². The van der Waals surface area contributed by atoms with Crippen LogP contribution in [0.2, 0.25) is 10.0 Å². The van der Waals surface area contributed by atoms with Crippen molar-refractivity contribution in [2.45, 2.75) is 26.2 Å². The van der Waals surface area contributed by atoms with Crippen LogP contribution in [-0.2, 0) is 28.5 Å². The molecular formula is C23H30Cl2N2O6. The maximum Gasteiger partial charge on any atom is 0.336 e. The molecule has 182 valence electrons. The van der Waals surface area contributed by atoms with Gasteiger partial charge in [0.15, 0.2) is 0 Å². The first-order valence-corrected chi connectivity index (χ1v) is 11.4. The van der Waals surface area contributed by atoms with E-state index >= 15 is 0 Å². The van der Waals surface area contributed by atoms with E-state index in [1.54, 1.807) is 32.0 Å². The van der Waals surface area contributed by atoms with Crippen molar-refractivity contribution in [2.75, 3.05) is 46.7 Å². The van der Waals surface area contributed by atoms with E-state index in [4.69, 9.17) is 47.9 Å². The Hall–Kier alpha value is -2.10. The molecule has 0 bridgehead atoms. The normalized spacial score (nSPS) is 16.0. The molecule has 0 aliphatic carbocycles. The largest absolute Gasteiger partial charge is 0.466 e. The third kappa shape index (κ3) is 6.94. The molecule has 2 rings (SSSR count). The third-order valence-electron chi connectivity index (χ3n) is 4.97. The van der Waals surface area contributed by atoms with Crippen molar-refractivity contribution in [2.24, 2.45) is 5.73 Å². The summed E-state index contributed by atoms with van der Waals surface area (Å²) in [5.74, 6) is -1.98. The highest BCUT2D eigenvalue weighted by molar-refractivity contribution is 6.42. The molecule has 1 heterocycles. The Morgan fingerprint density at radius 2 is 1.76 bits per heavy atom. The molecular weight excluding hydrogens is 471 g/mol. The topological polar surface area (TPSA) is 109 Å². The number of allylic oxidation sites excluding steroid dienone is 1. The van der Waals surface area contributed by atoms with Crippen LogP contribution >= 0.6 is 23.2 Å². The Balaban J connectivity index is 2.46. The summed E-state index contributed by atoms with van der Waals surface area (Å²) in [5, 5.41) is 3.72. The Labute approximate surface area is 204 Å². The Morgan fingerprint density at radius 3 is 2.39 bits per heavy atom. The van der Waals surface area contributed by atoms with Crippen LogP contribution in [0.25, 0.3) is 0 Å². The summed E-state index contributed by atoms with van der Waals surface area (Å²) in [4.78, 5) is 25.9. The molecule has 33 heavy (non-hydrogen) atoms. The fraction of sp³-hybridized carbons (Fsp3) is 0.478. The maximum absolute atomic E-state index is 13.1. The van der Waals surface area contributed by atoms with Crippen LogP contribution in [0.3, 0.4) is 0 Å². The number of carbonyl (C=O) groups excluding carboxylic acids is 2. The van der Waals surface area contributed by atoms with Gasteiger partial charge in [0.25, 0.3) is 0 Å². The number of halogens is 2. The van der Waals surface area contributed by atoms with Crippen molar-refractivity contribution < 1.29 is 28.5 Å². The van der Waals surface area contributed by atoms with Crippen molar-refractivity contribution in [3.63, 3.8) is 0 Å². The van der Waals surface area contributed by atoms with Gasteiger partial charge in [-0.3, -0.25) is 0 Å². The Bertz CT molecular complexity index is 916. The number of nitrogens with one attached hydrogen (secondary N) is 1. The van der Waals surface area contributed by atoms with Gasteiger partial charge >= 0.3 is 11.9 Å². The fourth-order valence-corrected chi connectivity index (χ4v) is 3.97. The van der Waals surface area contributed by atoms with Crippen molar-refractivity contribution in [1.82, 2.24) is 5.32 Å². The molecule has 0 spiro atoms.